The zero-order chi connectivity index (χ0) is 9.19. The van der Waals surface area contributed by atoms with Crippen molar-refractivity contribution in [2.75, 3.05) is 20.1 Å². The first-order valence-corrected chi connectivity index (χ1v) is 4.60. The first-order valence-electron chi connectivity index (χ1n) is 4.60. The van der Waals surface area contributed by atoms with Gasteiger partial charge in [-0.05, 0) is 46.2 Å². The molecule has 1 fully saturated rings. The van der Waals surface area contributed by atoms with Crippen molar-refractivity contribution in [1.82, 2.24) is 4.90 Å². The lowest BCUT2D eigenvalue weighted by molar-refractivity contribution is -0.0352. The van der Waals surface area contributed by atoms with Crippen molar-refractivity contribution >= 4 is 0 Å². The third-order valence-electron chi connectivity index (χ3n) is 2.59. The van der Waals surface area contributed by atoms with E-state index in [4.69, 9.17) is 10.7 Å². The molecule has 1 rings (SSSR count). The summed E-state index contributed by atoms with van der Waals surface area (Å²) in [6.45, 7) is 6.49. The molecule has 3 heteroatoms. The third kappa shape index (κ3) is 2.73. The van der Waals surface area contributed by atoms with Gasteiger partial charge in [0.1, 0.15) is 0 Å². The van der Waals surface area contributed by atoms with Gasteiger partial charge in [-0.25, -0.2) is 5.90 Å². The Hall–Kier alpha value is -0.120. The molecular formula is C9H20N2O. The van der Waals surface area contributed by atoms with Crippen LogP contribution in [0.1, 0.15) is 26.7 Å². The third-order valence-corrected chi connectivity index (χ3v) is 2.59. The summed E-state index contributed by atoms with van der Waals surface area (Å²) >= 11 is 0. The Bertz CT molecular complexity index is 147. The minimum Gasteiger partial charge on any atom is -0.306 e. The fourth-order valence-electron chi connectivity index (χ4n) is 1.94. The molecule has 2 N–H and O–H groups in total. The van der Waals surface area contributed by atoms with E-state index < -0.39 is 0 Å². The molecule has 1 heterocycles. The average Bonchev–Trinajstić information content (AvgIpc) is 2.35. The number of rotatable bonds is 3. The van der Waals surface area contributed by atoms with Crippen LogP contribution >= 0.6 is 0 Å². The molecular weight excluding hydrogens is 152 g/mol. The highest BCUT2D eigenvalue weighted by Crippen LogP contribution is 2.25. The second kappa shape index (κ2) is 3.73. The largest absolute Gasteiger partial charge is 0.306 e. The van der Waals surface area contributed by atoms with Crippen molar-refractivity contribution in [3.05, 3.63) is 0 Å². The maximum atomic E-state index is 5.21. The fraction of sp³-hybridized carbons (Fsp3) is 1.00. The molecule has 3 nitrogen and oxygen atoms in total. The van der Waals surface area contributed by atoms with E-state index in [1.165, 1.54) is 19.5 Å². The molecule has 0 radical (unpaired) electrons. The highest BCUT2D eigenvalue weighted by molar-refractivity contribution is 4.80. The van der Waals surface area contributed by atoms with Gasteiger partial charge < -0.3 is 4.90 Å². The van der Waals surface area contributed by atoms with Crippen molar-refractivity contribution in [2.45, 2.75) is 32.3 Å². The summed E-state index contributed by atoms with van der Waals surface area (Å²) in [6, 6.07) is 0. The van der Waals surface area contributed by atoms with Crippen LogP contribution in [0.15, 0.2) is 0 Å². The van der Waals surface area contributed by atoms with Crippen molar-refractivity contribution in [3.8, 4) is 0 Å². The zero-order valence-corrected chi connectivity index (χ0v) is 8.34. The SMILES string of the molecule is CN1CCC(CC(C)(C)ON)C1. The van der Waals surface area contributed by atoms with Crippen molar-refractivity contribution in [2.24, 2.45) is 11.8 Å². The Kier molecular flexibility index (Phi) is 3.09. The molecule has 0 amide bonds. The molecule has 0 aromatic rings. The van der Waals surface area contributed by atoms with Gasteiger partial charge in [0.25, 0.3) is 0 Å². The summed E-state index contributed by atoms with van der Waals surface area (Å²) in [5, 5.41) is 0. The number of hydrogen-bond donors (Lipinski definition) is 1. The Morgan fingerprint density at radius 1 is 1.58 bits per heavy atom. The van der Waals surface area contributed by atoms with Crippen LogP contribution in [0.5, 0.6) is 0 Å². The predicted octanol–water partition coefficient (Wildman–Crippen LogP) is 0.997. The van der Waals surface area contributed by atoms with Gasteiger partial charge in [0.05, 0.1) is 5.60 Å². The lowest BCUT2D eigenvalue weighted by atomic mass is 9.93. The van der Waals surface area contributed by atoms with Crippen molar-refractivity contribution in [3.63, 3.8) is 0 Å². The minimum atomic E-state index is -0.157. The van der Waals surface area contributed by atoms with Crippen LogP contribution in [0, 0.1) is 5.92 Å². The summed E-state index contributed by atoms with van der Waals surface area (Å²) in [5.74, 6) is 5.96. The molecule has 0 aromatic carbocycles. The second-order valence-corrected chi connectivity index (χ2v) is 4.50. The van der Waals surface area contributed by atoms with Gasteiger partial charge in [0.2, 0.25) is 0 Å². The normalized spacial score (nSPS) is 26.5. The Morgan fingerprint density at radius 2 is 2.25 bits per heavy atom. The summed E-state index contributed by atoms with van der Waals surface area (Å²) in [5.41, 5.74) is -0.157. The molecule has 1 aliphatic heterocycles. The standard InChI is InChI=1S/C9H20N2O/c1-9(2,12-10)6-8-4-5-11(3)7-8/h8H,4-7,10H2,1-3H3. The van der Waals surface area contributed by atoms with E-state index in [-0.39, 0.29) is 5.60 Å². The predicted molar refractivity (Wildman–Crippen MR) is 49.6 cm³/mol. The van der Waals surface area contributed by atoms with Crippen LogP contribution in [0.25, 0.3) is 0 Å². The molecule has 0 bridgehead atoms. The fourth-order valence-corrected chi connectivity index (χ4v) is 1.94. The lowest BCUT2D eigenvalue weighted by Gasteiger charge is -2.25. The van der Waals surface area contributed by atoms with Gasteiger partial charge >= 0.3 is 0 Å². The molecule has 1 aliphatic rings. The first kappa shape index (κ1) is 9.96. The topological polar surface area (TPSA) is 38.5 Å². The molecule has 1 saturated heterocycles. The van der Waals surface area contributed by atoms with E-state index in [1.807, 2.05) is 13.8 Å². The summed E-state index contributed by atoms with van der Waals surface area (Å²) in [7, 11) is 2.16. The number of likely N-dealkylation sites (tertiary alicyclic amines) is 1. The van der Waals surface area contributed by atoms with E-state index in [1.54, 1.807) is 0 Å². The lowest BCUT2D eigenvalue weighted by Crippen LogP contribution is -2.31. The Labute approximate surface area is 74.8 Å². The first-order chi connectivity index (χ1) is 5.53. The molecule has 0 aromatic heterocycles. The minimum absolute atomic E-state index is 0.157. The summed E-state index contributed by atoms with van der Waals surface area (Å²) in [6.07, 6.45) is 2.34. The highest BCUT2D eigenvalue weighted by atomic mass is 16.6. The van der Waals surface area contributed by atoms with E-state index in [9.17, 15) is 0 Å². The van der Waals surface area contributed by atoms with Gasteiger partial charge in [-0.3, -0.25) is 4.84 Å². The average molecular weight is 172 g/mol. The quantitative estimate of drug-likeness (QED) is 0.645. The van der Waals surface area contributed by atoms with Crippen LogP contribution in [-0.4, -0.2) is 30.6 Å². The number of nitrogens with zero attached hydrogens (tertiary/aromatic N) is 1. The van der Waals surface area contributed by atoms with Gasteiger partial charge in [-0.1, -0.05) is 0 Å². The van der Waals surface area contributed by atoms with Gasteiger partial charge in [0.15, 0.2) is 0 Å². The number of hydrogen-bond acceptors (Lipinski definition) is 3. The molecule has 0 saturated carbocycles. The summed E-state index contributed by atoms with van der Waals surface area (Å²) < 4.78 is 0. The molecule has 72 valence electrons. The Balaban J connectivity index is 2.32. The van der Waals surface area contributed by atoms with E-state index in [0.717, 1.165) is 12.3 Å². The second-order valence-electron chi connectivity index (χ2n) is 4.50. The highest BCUT2D eigenvalue weighted by Gasteiger charge is 2.27. The molecule has 1 atom stereocenters. The molecule has 1 unspecified atom stereocenters. The maximum absolute atomic E-state index is 5.21. The zero-order valence-electron chi connectivity index (χ0n) is 8.34. The van der Waals surface area contributed by atoms with Crippen molar-refractivity contribution < 1.29 is 4.84 Å². The van der Waals surface area contributed by atoms with Crippen LogP contribution in [0.4, 0.5) is 0 Å². The van der Waals surface area contributed by atoms with E-state index in [2.05, 4.69) is 11.9 Å². The molecule has 0 aliphatic carbocycles. The van der Waals surface area contributed by atoms with Gasteiger partial charge in [-0.15, -0.1) is 0 Å². The van der Waals surface area contributed by atoms with Crippen molar-refractivity contribution in [1.29, 1.82) is 0 Å². The Morgan fingerprint density at radius 3 is 2.67 bits per heavy atom. The van der Waals surface area contributed by atoms with Crippen LogP contribution in [0.2, 0.25) is 0 Å². The van der Waals surface area contributed by atoms with E-state index >= 15 is 0 Å². The van der Waals surface area contributed by atoms with E-state index in [0.29, 0.717) is 0 Å². The maximum Gasteiger partial charge on any atom is 0.0841 e. The van der Waals surface area contributed by atoms with Gasteiger partial charge in [-0.2, -0.15) is 0 Å². The molecule has 0 spiro atoms. The molecule has 12 heavy (non-hydrogen) atoms. The summed E-state index contributed by atoms with van der Waals surface area (Å²) in [4.78, 5) is 7.27. The van der Waals surface area contributed by atoms with Gasteiger partial charge in [0, 0.05) is 6.54 Å². The van der Waals surface area contributed by atoms with Crippen LogP contribution in [-0.2, 0) is 4.84 Å². The van der Waals surface area contributed by atoms with Crippen LogP contribution in [0.3, 0.4) is 0 Å². The monoisotopic (exact) mass is 172 g/mol. The smallest absolute Gasteiger partial charge is 0.0841 e. The van der Waals surface area contributed by atoms with Crippen LogP contribution < -0.4 is 5.90 Å². The number of nitrogens with two attached hydrogens (primary N) is 1.